The van der Waals surface area contributed by atoms with Gasteiger partial charge in [-0.1, -0.05) is 0 Å². The zero-order valence-corrected chi connectivity index (χ0v) is 13.3. The molecule has 1 atom stereocenters. The van der Waals surface area contributed by atoms with Gasteiger partial charge in [0.1, 0.15) is 6.33 Å². The second-order valence-corrected chi connectivity index (χ2v) is 6.08. The van der Waals surface area contributed by atoms with Crippen molar-refractivity contribution in [2.24, 2.45) is 0 Å². The average Bonchev–Trinajstić information content (AvgIpc) is 3.12. The van der Waals surface area contributed by atoms with Crippen molar-refractivity contribution in [2.75, 3.05) is 6.54 Å². The fourth-order valence-corrected chi connectivity index (χ4v) is 2.99. The summed E-state index contributed by atoms with van der Waals surface area (Å²) in [5, 5.41) is 12.3. The molecule has 0 aromatic carbocycles. The Hall–Kier alpha value is -2.29. The van der Waals surface area contributed by atoms with Crippen LogP contribution in [0.1, 0.15) is 29.3 Å². The van der Waals surface area contributed by atoms with Gasteiger partial charge in [-0.05, 0) is 22.9 Å². The second-order valence-electron chi connectivity index (χ2n) is 5.16. The molecule has 4 rings (SSSR count). The van der Waals surface area contributed by atoms with Gasteiger partial charge in [-0.3, -0.25) is 4.79 Å². The summed E-state index contributed by atoms with van der Waals surface area (Å²) in [6.45, 7) is 3.24. The molecule has 4 heterocycles. The third kappa shape index (κ3) is 2.00. The van der Waals surface area contributed by atoms with E-state index in [0.29, 0.717) is 24.4 Å². The standard InChI is InChI=1S/C13H12BrN7O/c1-8-12-17-16-7-19(12)2-3-20(8)13(22)10-4-11-15-5-9(14)6-21(11)18-10/h4-8H,2-3H2,1H3. The van der Waals surface area contributed by atoms with Crippen molar-refractivity contribution >= 4 is 27.5 Å². The number of nitrogens with zero attached hydrogens (tertiary/aromatic N) is 7. The number of amides is 1. The van der Waals surface area contributed by atoms with Gasteiger partial charge < -0.3 is 9.47 Å². The number of carbonyl (C=O) groups is 1. The number of rotatable bonds is 1. The normalized spacial score (nSPS) is 17.7. The Kier molecular flexibility index (Phi) is 2.96. The predicted molar refractivity (Wildman–Crippen MR) is 80.2 cm³/mol. The summed E-state index contributed by atoms with van der Waals surface area (Å²) < 4.78 is 4.37. The van der Waals surface area contributed by atoms with Crippen LogP contribution in [-0.2, 0) is 6.54 Å². The molecule has 0 saturated heterocycles. The first kappa shape index (κ1) is 13.4. The zero-order valence-electron chi connectivity index (χ0n) is 11.7. The summed E-state index contributed by atoms with van der Waals surface area (Å²) in [4.78, 5) is 18.7. The highest BCUT2D eigenvalue weighted by atomic mass is 79.9. The van der Waals surface area contributed by atoms with E-state index in [1.807, 2.05) is 11.5 Å². The minimum absolute atomic E-state index is 0.122. The highest BCUT2D eigenvalue weighted by molar-refractivity contribution is 9.10. The first-order valence-corrected chi connectivity index (χ1v) is 7.62. The van der Waals surface area contributed by atoms with Gasteiger partial charge in [-0.2, -0.15) is 5.10 Å². The zero-order chi connectivity index (χ0) is 15.3. The molecule has 9 heteroatoms. The Morgan fingerprint density at radius 2 is 2.27 bits per heavy atom. The highest BCUT2D eigenvalue weighted by Gasteiger charge is 2.31. The van der Waals surface area contributed by atoms with Crippen LogP contribution in [0.4, 0.5) is 0 Å². The molecule has 3 aromatic rings. The third-order valence-electron chi connectivity index (χ3n) is 3.83. The van der Waals surface area contributed by atoms with E-state index in [-0.39, 0.29) is 11.9 Å². The summed E-state index contributed by atoms with van der Waals surface area (Å²) in [7, 11) is 0. The van der Waals surface area contributed by atoms with Gasteiger partial charge in [-0.25, -0.2) is 9.50 Å². The van der Waals surface area contributed by atoms with Crippen LogP contribution in [0.5, 0.6) is 0 Å². The topological polar surface area (TPSA) is 81.2 Å². The maximum Gasteiger partial charge on any atom is 0.275 e. The van der Waals surface area contributed by atoms with Crippen molar-refractivity contribution in [2.45, 2.75) is 19.5 Å². The monoisotopic (exact) mass is 361 g/mol. The van der Waals surface area contributed by atoms with Crippen LogP contribution in [0.3, 0.4) is 0 Å². The van der Waals surface area contributed by atoms with Gasteiger partial charge in [0, 0.05) is 31.5 Å². The first-order chi connectivity index (χ1) is 10.6. The van der Waals surface area contributed by atoms with E-state index in [1.54, 1.807) is 34.2 Å². The van der Waals surface area contributed by atoms with Crippen LogP contribution in [0, 0.1) is 0 Å². The van der Waals surface area contributed by atoms with Crippen molar-refractivity contribution < 1.29 is 4.79 Å². The summed E-state index contributed by atoms with van der Waals surface area (Å²) in [5.74, 6) is 0.674. The maximum atomic E-state index is 12.7. The molecule has 22 heavy (non-hydrogen) atoms. The number of hydrogen-bond donors (Lipinski definition) is 0. The lowest BCUT2D eigenvalue weighted by Gasteiger charge is -2.32. The molecule has 112 valence electrons. The molecule has 1 unspecified atom stereocenters. The molecule has 0 aliphatic carbocycles. The van der Waals surface area contributed by atoms with E-state index in [9.17, 15) is 4.79 Å². The number of hydrogen-bond acceptors (Lipinski definition) is 5. The number of aromatic nitrogens is 6. The van der Waals surface area contributed by atoms with Gasteiger partial charge in [0.25, 0.3) is 5.91 Å². The minimum Gasteiger partial charge on any atom is -0.325 e. The smallest absolute Gasteiger partial charge is 0.275 e. The second kappa shape index (κ2) is 4.87. The predicted octanol–water partition coefficient (Wildman–Crippen LogP) is 1.30. The van der Waals surface area contributed by atoms with E-state index >= 15 is 0 Å². The van der Waals surface area contributed by atoms with Gasteiger partial charge in [0.05, 0.1) is 10.5 Å². The molecule has 1 aliphatic heterocycles. The van der Waals surface area contributed by atoms with E-state index in [1.165, 1.54) is 0 Å². The Balaban J connectivity index is 1.68. The summed E-state index contributed by atoms with van der Waals surface area (Å²) in [6, 6.07) is 1.56. The van der Waals surface area contributed by atoms with Crippen LogP contribution < -0.4 is 0 Å². The lowest BCUT2D eigenvalue weighted by molar-refractivity contribution is 0.0631. The molecular formula is C13H12BrN7O. The van der Waals surface area contributed by atoms with Crippen LogP contribution in [-0.4, -0.2) is 46.7 Å². The molecule has 3 aromatic heterocycles. The SMILES string of the molecule is CC1c2nncn2CCN1C(=O)c1cc2ncc(Br)cn2n1. The lowest BCUT2D eigenvalue weighted by atomic mass is 10.2. The van der Waals surface area contributed by atoms with Crippen LogP contribution in [0.2, 0.25) is 0 Å². The Bertz CT molecular complexity index is 870. The molecule has 1 amide bonds. The third-order valence-corrected chi connectivity index (χ3v) is 4.24. The fourth-order valence-electron chi connectivity index (χ4n) is 2.69. The van der Waals surface area contributed by atoms with E-state index in [0.717, 1.165) is 10.3 Å². The maximum absolute atomic E-state index is 12.7. The van der Waals surface area contributed by atoms with Crippen LogP contribution >= 0.6 is 15.9 Å². The number of carbonyl (C=O) groups excluding carboxylic acids is 1. The van der Waals surface area contributed by atoms with Crippen molar-refractivity contribution in [3.05, 3.63) is 40.8 Å². The van der Waals surface area contributed by atoms with Crippen molar-refractivity contribution in [3.8, 4) is 0 Å². The molecule has 0 radical (unpaired) electrons. The summed E-state index contributed by atoms with van der Waals surface area (Å²) >= 11 is 3.34. The van der Waals surface area contributed by atoms with Crippen molar-refractivity contribution in [1.82, 2.24) is 34.3 Å². The fraction of sp³-hybridized carbons (Fsp3) is 0.308. The van der Waals surface area contributed by atoms with Gasteiger partial charge in [0.15, 0.2) is 17.2 Å². The molecule has 0 bridgehead atoms. The van der Waals surface area contributed by atoms with Crippen LogP contribution in [0.15, 0.2) is 29.3 Å². The summed E-state index contributed by atoms with van der Waals surface area (Å²) in [6.07, 6.45) is 5.15. The molecule has 1 aliphatic rings. The first-order valence-electron chi connectivity index (χ1n) is 6.83. The molecule has 0 spiro atoms. The van der Waals surface area contributed by atoms with Crippen molar-refractivity contribution in [3.63, 3.8) is 0 Å². The summed E-state index contributed by atoms with van der Waals surface area (Å²) in [5.41, 5.74) is 1.02. The molecule has 0 fully saturated rings. The lowest BCUT2D eigenvalue weighted by Crippen LogP contribution is -2.41. The van der Waals surface area contributed by atoms with Crippen molar-refractivity contribution in [1.29, 1.82) is 0 Å². The minimum atomic E-state index is -0.131. The quantitative estimate of drug-likeness (QED) is 0.652. The highest BCUT2D eigenvalue weighted by Crippen LogP contribution is 2.24. The number of fused-ring (bicyclic) bond motifs is 2. The number of halogens is 1. The van der Waals surface area contributed by atoms with Crippen LogP contribution in [0.25, 0.3) is 5.65 Å². The van der Waals surface area contributed by atoms with E-state index in [4.69, 9.17) is 0 Å². The Morgan fingerprint density at radius 1 is 1.41 bits per heavy atom. The van der Waals surface area contributed by atoms with Gasteiger partial charge >= 0.3 is 0 Å². The van der Waals surface area contributed by atoms with E-state index in [2.05, 4.69) is 36.2 Å². The van der Waals surface area contributed by atoms with Gasteiger partial charge in [-0.15, -0.1) is 10.2 Å². The average molecular weight is 362 g/mol. The molecule has 8 nitrogen and oxygen atoms in total. The van der Waals surface area contributed by atoms with E-state index < -0.39 is 0 Å². The Morgan fingerprint density at radius 3 is 3.14 bits per heavy atom. The largest absolute Gasteiger partial charge is 0.325 e. The molecular weight excluding hydrogens is 350 g/mol. The molecule has 0 N–H and O–H groups in total. The van der Waals surface area contributed by atoms with Gasteiger partial charge in [0.2, 0.25) is 0 Å². The Labute approximate surface area is 133 Å². The molecule has 0 saturated carbocycles.